The highest BCUT2D eigenvalue weighted by atomic mass is 32.1. The number of hydrogen-bond acceptors (Lipinski definition) is 7. The lowest BCUT2D eigenvalue weighted by Crippen LogP contribution is -1.93. The average molecular weight is 427 g/mol. The van der Waals surface area contributed by atoms with Gasteiger partial charge in [-0.25, -0.2) is 15.0 Å². The van der Waals surface area contributed by atoms with E-state index in [0.29, 0.717) is 17.5 Å². The Morgan fingerprint density at radius 3 is 2.52 bits per heavy atom. The summed E-state index contributed by atoms with van der Waals surface area (Å²) in [6, 6.07) is 23.4. The van der Waals surface area contributed by atoms with Crippen molar-refractivity contribution < 1.29 is 9.47 Å². The number of benzene rings is 2. The molecule has 0 saturated heterocycles. The number of anilines is 2. The fourth-order valence-corrected chi connectivity index (χ4v) is 4.01. The minimum atomic E-state index is 0.515. The van der Waals surface area contributed by atoms with Crippen molar-refractivity contribution in [3.05, 3.63) is 85.2 Å². The van der Waals surface area contributed by atoms with E-state index in [9.17, 15) is 0 Å². The maximum Gasteiger partial charge on any atom is 0.227 e. The topological polar surface area (TPSA) is 69.2 Å². The maximum absolute atomic E-state index is 6.06. The van der Waals surface area contributed by atoms with Crippen LogP contribution < -0.4 is 14.8 Å². The lowest BCUT2D eigenvalue weighted by Gasteiger charge is -2.11. The Kier molecular flexibility index (Phi) is 5.16. The minimum Gasteiger partial charge on any atom is -0.481 e. The zero-order valence-corrected chi connectivity index (χ0v) is 17.5. The van der Waals surface area contributed by atoms with Crippen LogP contribution in [0.25, 0.3) is 21.3 Å². The molecule has 0 aliphatic heterocycles. The van der Waals surface area contributed by atoms with Crippen LogP contribution in [0.3, 0.4) is 0 Å². The Labute approximate surface area is 183 Å². The average Bonchev–Trinajstić information content (AvgIpc) is 3.23. The molecule has 3 heterocycles. The summed E-state index contributed by atoms with van der Waals surface area (Å²) in [6.07, 6.45) is 3.45. The van der Waals surface area contributed by atoms with E-state index in [2.05, 4.69) is 26.3 Å². The lowest BCUT2D eigenvalue weighted by atomic mass is 10.1. The van der Waals surface area contributed by atoms with Gasteiger partial charge in [0, 0.05) is 35.3 Å². The summed E-state index contributed by atoms with van der Waals surface area (Å²) >= 11 is 1.62. The maximum atomic E-state index is 6.06. The Morgan fingerprint density at radius 2 is 1.74 bits per heavy atom. The Bertz CT molecular complexity index is 1280. The van der Waals surface area contributed by atoms with Gasteiger partial charge in [-0.1, -0.05) is 23.5 Å². The first kappa shape index (κ1) is 19.0. The molecule has 0 fully saturated rings. The van der Waals surface area contributed by atoms with Crippen molar-refractivity contribution in [3.8, 4) is 28.6 Å². The zero-order chi connectivity index (χ0) is 21.0. The Morgan fingerprint density at radius 1 is 0.871 bits per heavy atom. The van der Waals surface area contributed by atoms with E-state index in [4.69, 9.17) is 9.47 Å². The molecule has 31 heavy (non-hydrogen) atoms. The van der Waals surface area contributed by atoms with Crippen molar-refractivity contribution in [2.24, 2.45) is 0 Å². The van der Waals surface area contributed by atoms with Crippen LogP contribution in [0.2, 0.25) is 0 Å². The second-order valence-electron chi connectivity index (χ2n) is 6.68. The van der Waals surface area contributed by atoms with Crippen molar-refractivity contribution in [1.29, 1.82) is 0 Å². The van der Waals surface area contributed by atoms with Gasteiger partial charge in [0.25, 0.3) is 0 Å². The van der Waals surface area contributed by atoms with Gasteiger partial charge in [-0.05, 0) is 54.6 Å². The highest BCUT2D eigenvalue weighted by Gasteiger charge is 2.10. The SMILES string of the molecule is COc1ccc(-c2cccnc2Oc2ccc(Nc3nc4ccccc4s3)cc2)cn1. The van der Waals surface area contributed by atoms with Gasteiger partial charge in [0.1, 0.15) is 5.75 Å². The molecule has 6 nitrogen and oxygen atoms in total. The van der Waals surface area contributed by atoms with E-state index < -0.39 is 0 Å². The fourth-order valence-electron chi connectivity index (χ4n) is 3.12. The largest absolute Gasteiger partial charge is 0.481 e. The number of thiazole rings is 1. The van der Waals surface area contributed by atoms with Crippen LogP contribution in [0.5, 0.6) is 17.5 Å². The summed E-state index contributed by atoms with van der Waals surface area (Å²) in [5.41, 5.74) is 3.69. The summed E-state index contributed by atoms with van der Waals surface area (Å²) < 4.78 is 12.4. The first-order chi connectivity index (χ1) is 15.3. The van der Waals surface area contributed by atoms with Gasteiger partial charge >= 0.3 is 0 Å². The summed E-state index contributed by atoms with van der Waals surface area (Å²) in [5.74, 6) is 1.77. The molecule has 0 radical (unpaired) electrons. The minimum absolute atomic E-state index is 0.515. The molecule has 5 rings (SSSR count). The highest BCUT2D eigenvalue weighted by Crippen LogP contribution is 2.33. The molecule has 0 aliphatic rings. The molecule has 0 spiro atoms. The number of pyridine rings is 2. The Balaban J connectivity index is 1.34. The first-order valence-electron chi connectivity index (χ1n) is 9.64. The van der Waals surface area contributed by atoms with Gasteiger partial charge in [-0.15, -0.1) is 0 Å². The second kappa shape index (κ2) is 8.41. The van der Waals surface area contributed by atoms with E-state index in [0.717, 1.165) is 32.2 Å². The van der Waals surface area contributed by atoms with Crippen LogP contribution in [0.4, 0.5) is 10.8 Å². The smallest absolute Gasteiger partial charge is 0.227 e. The van der Waals surface area contributed by atoms with Gasteiger partial charge in [0.15, 0.2) is 5.13 Å². The third-order valence-electron chi connectivity index (χ3n) is 4.64. The van der Waals surface area contributed by atoms with E-state index >= 15 is 0 Å². The number of nitrogens with zero attached hydrogens (tertiary/aromatic N) is 3. The van der Waals surface area contributed by atoms with Crippen molar-refractivity contribution >= 4 is 32.4 Å². The number of fused-ring (bicyclic) bond motifs is 1. The molecule has 152 valence electrons. The van der Waals surface area contributed by atoms with E-state index in [-0.39, 0.29) is 0 Å². The van der Waals surface area contributed by atoms with Crippen molar-refractivity contribution in [3.63, 3.8) is 0 Å². The number of para-hydroxylation sites is 1. The molecule has 1 N–H and O–H groups in total. The highest BCUT2D eigenvalue weighted by molar-refractivity contribution is 7.22. The van der Waals surface area contributed by atoms with E-state index in [1.165, 1.54) is 0 Å². The zero-order valence-electron chi connectivity index (χ0n) is 16.6. The van der Waals surface area contributed by atoms with Gasteiger partial charge in [-0.3, -0.25) is 0 Å². The number of ether oxygens (including phenoxy) is 2. The van der Waals surface area contributed by atoms with Crippen molar-refractivity contribution in [2.75, 3.05) is 12.4 Å². The normalized spacial score (nSPS) is 10.7. The van der Waals surface area contributed by atoms with E-state index in [1.807, 2.05) is 66.7 Å². The molecule has 5 aromatic rings. The van der Waals surface area contributed by atoms with Gasteiger partial charge in [-0.2, -0.15) is 0 Å². The Hall–Kier alpha value is -3.97. The molecule has 2 aromatic carbocycles. The molecule has 7 heteroatoms. The van der Waals surface area contributed by atoms with Crippen LogP contribution in [-0.2, 0) is 0 Å². The number of hydrogen-bond donors (Lipinski definition) is 1. The predicted octanol–water partition coefficient (Wildman–Crippen LogP) is 6.30. The van der Waals surface area contributed by atoms with Crippen LogP contribution in [-0.4, -0.2) is 22.1 Å². The van der Waals surface area contributed by atoms with Crippen LogP contribution in [0.1, 0.15) is 0 Å². The molecular weight excluding hydrogens is 408 g/mol. The fraction of sp³-hybridized carbons (Fsp3) is 0.0417. The third kappa shape index (κ3) is 4.17. The van der Waals surface area contributed by atoms with E-state index in [1.54, 1.807) is 30.8 Å². The molecular formula is C24H18N4O2S. The first-order valence-corrected chi connectivity index (χ1v) is 10.5. The van der Waals surface area contributed by atoms with Gasteiger partial charge < -0.3 is 14.8 Å². The van der Waals surface area contributed by atoms with Gasteiger partial charge in [0.05, 0.1) is 17.3 Å². The lowest BCUT2D eigenvalue weighted by molar-refractivity contribution is 0.398. The molecule has 0 bridgehead atoms. The second-order valence-corrected chi connectivity index (χ2v) is 7.71. The quantitative estimate of drug-likeness (QED) is 0.344. The summed E-state index contributed by atoms with van der Waals surface area (Å²) in [5, 5.41) is 4.20. The van der Waals surface area contributed by atoms with Crippen LogP contribution in [0.15, 0.2) is 85.2 Å². The number of methoxy groups -OCH3 is 1. The molecule has 3 aromatic heterocycles. The molecule has 0 amide bonds. The van der Waals surface area contributed by atoms with Crippen molar-refractivity contribution in [2.45, 2.75) is 0 Å². The molecule has 0 atom stereocenters. The molecule has 0 aliphatic carbocycles. The van der Waals surface area contributed by atoms with Crippen LogP contribution in [0, 0.1) is 0 Å². The number of nitrogens with one attached hydrogen (secondary N) is 1. The van der Waals surface area contributed by atoms with Gasteiger partial charge in [0.2, 0.25) is 11.8 Å². The summed E-state index contributed by atoms with van der Waals surface area (Å²) in [6.45, 7) is 0. The monoisotopic (exact) mass is 426 g/mol. The summed E-state index contributed by atoms with van der Waals surface area (Å²) in [7, 11) is 1.59. The number of aromatic nitrogens is 3. The standard InChI is InChI=1S/C24H18N4O2S/c1-29-22-13-8-16(15-26-22)19-5-4-14-25-23(19)30-18-11-9-17(10-12-18)27-24-28-20-6-2-3-7-21(20)31-24/h2-15H,1H3,(H,27,28). The third-order valence-corrected chi connectivity index (χ3v) is 5.59. The van der Waals surface area contributed by atoms with Crippen molar-refractivity contribution in [1.82, 2.24) is 15.0 Å². The molecule has 0 unspecified atom stereocenters. The molecule has 0 saturated carbocycles. The van der Waals surface area contributed by atoms with Crippen LogP contribution >= 0.6 is 11.3 Å². The number of rotatable bonds is 6. The summed E-state index contributed by atoms with van der Waals surface area (Å²) in [4.78, 5) is 13.3. The predicted molar refractivity (Wildman–Crippen MR) is 123 cm³/mol.